The van der Waals surface area contributed by atoms with Crippen molar-refractivity contribution in [2.75, 3.05) is 7.11 Å². The fraction of sp³-hybridized carbons (Fsp3) is 0.300. The van der Waals surface area contributed by atoms with Gasteiger partial charge in [0, 0.05) is 10.0 Å². The van der Waals surface area contributed by atoms with Gasteiger partial charge in [-0.15, -0.1) is 0 Å². The standard InChI is InChI=1S/C10H10BrFO2/c1-3-6-8(12)5-4-7(9(6)11)10(13)14-2/h4-5H,3H2,1-2H3. The maximum absolute atomic E-state index is 13.2. The molecule has 1 rings (SSSR count). The third kappa shape index (κ3) is 1.95. The number of esters is 1. The number of ether oxygens (including phenoxy) is 1. The number of hydrogen-bond donors (Lipinski definition) is 0. The first-order valence-corrected chi connectivity index (χ1v) is 4.96. The molecule has 0 bridgehead atoms. The van der Waals surface area contributed by atoms with Crippen molar-refractivity contribution in [2.45, 2.75) is 13.3 Å². The van der Waals surface area contributed by atoms with Gasteiger partial charge in [-0.05, 0) is 34.5 Å². The van der Waals surface area contributed by atoms with E-state index in [2.05, 4.69) is 20.7 Å². The lowest BCUT2D eigenvalue weighted by Crippen LogP contribution is -2.05. The second-order valence-electron chi connectivity index (χ2n) is 2.73. The summed E-state index contributed by atoms with van der Waals surface area (Å²) in [6.45, 7) is 1.82. The van der Waals surface area contributed by atoms with Gasteiger partial charge in [-0.2, -0.15) is 0 Å². The highest BCUT2D eigenvalue weighted by Gasteiger charge is 2.15. The lowest BCUT2D eigenvalue weighted by molar-refractivity contribution is 0.0599. The van der Waals surface area contributed by atoms with Gasteiger partial charge in [0.15, 0.2) is 0 Å². The lowest BCUT2D eigenvalue weighted by Gasteiger charge is -2.07. The molecule has 1 aromatic rings. The second-order valence-corrected chi connectivity index (χ2v) is 3.53. The van der Waals surface area contributed by atoms with E-state index in [0.717, 1.165) is 0 Å². The minimum Gasteiger partial charge on any atom is -0.465 e. The summed E-state index contributed by atoms with van der Waals surface area (Å²) in [5.74, 6) is -0.779. The SMILES string of the molecule is CCc1c(F)ccc(C(=O)OC)c1Br. The van der Waals surface area contributed by atoms with Crippen molar-refractivity contribution in [1.82, 2.24) is 0 Å². The van der Waals surface area contributed by atoms with Gasteiger partial charge in [0.2, 0.25) is 0 Å². The van der Waals surface area contributed by atoms with Crippen LogP contribution in [-0.2, 0) is 11.2 Å². The first-order chi connectivity index (χ1) is 6.61. The molecule has 0 aliphatic rings. The third-order valence-corrected chi connectivity index (χ3v) is 2.85. The third-order valence-electron chi connectivity index (χ3n) is 1.94. The first kappa shape index (κ1) is 11.2. The summed E-state index contributed by atoms with van der Waals surface area (Å²) < 4.78 is 18.3. The van der Waals surface area contributed by atoms with Crippen LogP contribution in [0.2, 0.25) is 0 Å². The molecular formula is C10H10BrFO2. The topological polar surface area (TPSA) is 26.3 Å². The van der Waals surface area contributed by atoms with Crippen molar-refractivity contribution in [3.05, 3.63) is 33.5 Å². The van der Waals surface area contributed by atoms with Crippen LogP contribution < -0.4 is 0 Å². The summed E-state index contributed by atoms with van der Waals surface area (Å²) >= 11 is 3.19. The maximum atomic E-state index is 13.2. The molecule has 0 N–H and O–H groups in total. The lowest BCUT2D eigenvalue weighted by atomic mass is 10.1. The normalized spacial score (nSPS) is 10.0. The monoisotopic (exact) mass is 260 g/mol. The van der Waals surface area contributed by atoms with Gasteiger partial charge in [-0.1, -0.05) is 6.92 Å². The van der Waals surface area contributed by atoms with Gasteiger partial charge in [0.25, 0.3) is 0 Å². The van der Waals surface area contributed by atoms with Crippen LogP contribution in [0.3, 0.4) is 0 Å². The van der Waals surface area contributed by atoms with E-state index < -0.39 is 5.97 Å². The zero-order valence-corrected chi connectivity index (χ0v) is 9.52. The van der Waals surface area contributed by atoms with E-state index in [1.807, 2.05) is 6.92 Å². The van der Waals surface area contributed by atoms with Crippen LogP contribution in [0, 0.1) is 5.82 Å². The zero-order valence-electron chi connectivity index (χ0n) is 7.93. The van der Waals surface area contributed by atoms with Crippen LogP contribution >= 0.6 is 15.9 Å². The molecule has 0 atom stereocenters. The van der Waals surface area contributed by atoms with Crippen LogP contribution in [-0.4, -0.2) is 13.1 Å². The fourth-order valence-electron chi connectivity index (χ4n) is 1.19. The Bertz CT molecular complexity index is 363. The van der Waals surface area contributed by atoms with Gasteiger partial charge in [0.1, 0.15) is 5.82 Å². The number of carbonyl (C=O) groups is 1. The Morgan fingerprint density at radius 1 is 1.57 bits per heavy atom. The minimum atomic E-state index is -0.466. The average Bonchev–Trinajstić information content (AvgIpc) is 2.18. The van der Waals surface area contributed by atoms with Crippen LogP contribution in [0.1, 0.15) is 22.8 Å². The maximum Gasteiger partial charge on any atom is 0.339 e. The van der Waals surface area contributed by atoms with Crippen LogP contribution in [0.4, 0.5) is 4.39 Å². The molecule has 4 heteroatoms. The highest BCUT2D eigenvalue weighted by molar-refractivity contribution is 9.10. The van der Waals surface area contributed by atoms with Crippen molar-refractivity contribution < 1.29 is 13.9 Å². The molecule has 76 valence electrons. The molecule has 0 fully saturated rings. The molecule has 0 spiro atoms. The molecule has 0 amide bonds. The van der Waals surface area contributed by atoms with E-state index >= 15 is 0 Å². The molecule has 2 nitrogen and oxygen atoms in total. The van der Waals surface area contributed by atoms with Crippen LogP contribution in [0.5, 0.6) is 0 Å². The summed E-state index contributed by atoms with van der Waals surface area (Å²) in [5, 5.41) is 0. The van der Waals surface area contributed by atoms with Gasteiger partial charge >= 0.3 is 5.97 Å². The number of carbonyl (C=O) groups excluding carboxylic acids is 1. The Morgan fingerprint density at radius 3 is 2.71 bits per heavy atom. The Balaban J connectivity index is 3.28. The van der Waals surface area contributed by atoms with Gasteiger partial charge < -0.3 is 4.74 Å². The van der Waals surface area contributed by atoms with E-state index in [-0.39, 0.29) is 5.82 Å². The Hall–Kier alpha value is -0.900. The summed E-state index contributed by atoms with van der Waals surface area (Å²) in [7, 11) is 1.30. The molecular weight excluding hydrogens is 251 g/mol. The smallest absolute Gasteiger partial charge is 0.339 e. The molecule has 0 radical (unpaired) electrons. The number of methoxy groups -OCH3 is 1. The molecule has 0 aliphatic heterocycles. The van der Waals surface area contributed by atoms with Crippen molar-refractivity contribution in [2.24, 2.45) is 0 Å². The number of rotatable bonds is 2. The molecule has 0 unspecified atom stereocenters. The van der Waals surface area contributed by atoms with Gasteiger partial charge in [-0.3, -0.25) is 0 Å². The van der Waals surface area contributed by atoms with Crippen molar-refractivity contribution in [3.63, 3.8) is 0 Å². The molecule has 0 aliphatic carbocycles. The predicted octanol–water partition coefficient (Wildman–Crippen LogP) is 2.94. The van der Waals surface area contributed by atoms with E-state index in [1.54, 1.807) is 0 Å². The van der Waals surface area contributed by atoms with E-state index in [4.69, 9.17) is 0 Å². The van der Waals surface area contributed by atoms with Crippen molar-refractivity contribution >= 4 is 21.9 Å². The molecule has 0 aromatic heterocycles. The predicted molar refractivity (Wildman–Crippen MR) is 54.8 cm³/mol. The average molecular weight is 261 g/mol. The van der Waals surface area contributed by atoms with E-state index in [0.29, 0.717) is 22.0 Å². The van der Waals surface area contributed by atoms with Gasteiger partial charge in [-0.25, -0.2) is 9.18 Å². The van der Waals surface area contributed by atoms with E-state index in [9.17, 15) is 9.18 Å². The summed E-state index contributed by atoms with van der Waals surface area (Å²) in [4.78, 5) is 11.2. The highest BCUT2D eigenvalue weighted by atomic mass is 79.9. The molecule has 0 saturated heterocycles. The van der Waals surface area contributed by atoms with Gasteiger partial charge in [0.05, 0.1) is 12.7 Å². The number of halogens is 2. The zero-order chi connectivity index (χ0) is 10.7. The summed E-state index contributed by atoms with van der Waals surface area (Å²) in [6.07, 6.45) is 0.525. The van der Waals surface area contributed by atoms with Crippen molar-refractivity contribution in [1.29, 1.82) is 0 Å². The first-order valence-electron chi connectivity index (χ1n) is 4.17. The second kappa shape index (κ2) is 4.55. The largest absolute Gasteiger partial charge is 0.465 e. The highest BCUT2D eigenvalue weighted by Crippen LogP contribution is 2.25. The fourth-order valence-corrected chi connectivity index (χ4v) is 1.95. The quantitative estimate of drug-likeness (QED) is 0.765. The van der Waals surface area contributed by atoms with Crippen molar-refractivity contribution in [3.8, 4) is 0 Å². The molecule has 0 saturated carbocycles. The molecule has 1 aromatic carbocycles. The van der Waals surface area contributed by atoms with Crippen LogP contribution in [0.15, 0.2) is 16.6 Å². The Labute approximate surface area is 90.2 Å². The Kier molecular flexibility index (Phi) is 3.63. The molecule has 14 heavy (non-hydrogen) atoms. The molecule has 0 heterocycles. The minimum absolute atomic E-state index is 0.313. The van der Waals surface area contributed by atoms with Crippen LogP contribution in [0.25, 0.3) is 0 Å². The number of hydrogen-bond acceptors (Lipinski definition) is 2. The Morgan fingerprint density at radius 2 is 2.21 bits per heavy atom. The summed E-state index contributed by atoms with van der Waals surface area (Å²) in [5.41, 5.74) is 0.846. The van der Waals surface area contributed by atoms with E-state index in [1.165, 1.54) is 19.2 Å². The summed E-state index contributed by atoms with van der Waals surface area (Å²) in [6, 6.07) is 2.68. The number of benzene rings is 1.